The Hall–Kier alpha value is -7.34. The van der Waals surface area contributed by atoms with Crippen molar-refractivity contribution in [3.63, 3.8) is 0 Å². The number of aromatic carboxylic acids is 2. The van der Waals surface area contributed by atoms with Gasteiger partial charge in [-0.15, -0.1) is 0 Å². The molecule has 0 spiro atoms. The van der Waals surface area contributed by atoms with Crippen molar-refractivity contribution < 1.29 is 47.0 Å². The lowest BCUT2D eigenvalue weighted by molar-refractivity contribution is 0.0686. The van der Waals surface area contributed by atoms with Crippen molar-refractivity contribution in [3.8, 4) is 12.1 Å². The van der Waals surface area contributed by atoms with Gasteiger partial charge in [-0.25, -0.2) is 36.7 Å². The van der Waals surface area contributed by atoms with E-state index in [1.807, 2.05) is 41.5 Å². The molecule has 0 aromatic heterocycles. The summed E-state index contributed by atoms with van der Waals surface area (Å²) in [5.74, 6) is -6.59. The van der Waals surface area contributed by atoms with E-state index in [-0.39, 0.29) is 77.4 Å². The van der Waals surface area contributed by atoms with E-state index in [2.05, 4.69) is 22.8 Å². The maximum atomic E-state index is 15.7. The molecule has 8 rings (SSSR count). The topological polar surface area (TPSA) is 187 Å². The fourth-order valence-corrected chi connectivity index (χ4v) is 11.8. The van der Waals surface area contributed by atoms with Gasteiger partial charge in [0, 0.05) is 68.6 Å². The summed E-state index contributed by atoms with van der Waals surface area (Å²) in [6, 6.07) is 28.4. The van der Waals surface area contributed by atoms with E-state index in [1.54, 1.807) is 0 Å². The molecule has 416 valence electrons. The second-order valence-electron chi connectivity index (χ2n) is 22.2. The summed E-state index contributed by atoms with van der Waals surface area (Å²) >= 11 is 24.4. The first-order valence-corrected chi connectivity index (χ1v) is 26.5. The minimum Gasteiger partial charge on any atom is -0.478 e. The number of nitriles is 2. The number of nitrogens with zero attached hydrogens (tertiary/aromatic N) is 4. The lowest BCUT2D eigenvalue weighted by atomic mass is 9.63. The maximum absolute atomic E-state index is 15.7. The van der Waals surface area contributed by atoms with Crippen molar-refractivity contribution in [1.82, 2.24) is 9.80 Å². The van der Waals surface area contributed by atoms with Crippen LogP contribution in [0.3, 0.4) is 0 Å². The highest BCUT2D eigenvalue weighted by Gasteiger charge is 2.62. The van der Waals surface area contributed by atoms with Crippen LogP contribution in [0.1, 0.15) is 109 Å². The number of benzene rings is 6. The average molecular weight is 1170 g/mol. The second-order valence-corrected chi connectivity index (χ2v) is 23.8. The molecule has 4 N–H and O–H groups in total. The number of urea groups is 2. The average Bonchev–Trinajstić information content (AvgIpc) is 3.92. The molecule has 0 radical (unpaired) electrons. The minimum atomic E-state index is -1.71. The van der Waals surface area contributed by atoms with Gasteiger partial charge in [-0.1, -0.05) is 124 Å². The minimum absolute atomic E-state index is 0.000799. The molecule has 0 aliphatic carbocycles. The van der Waals surface area contributed by atoms with E-state index in [9.17, 15) is 39.9 Å². The van der Waals surface area contributed by atoms with Gasteiger partial charge in [-0.05, 0) is 109 Å². The van der Waals surface area contributed by atoms with E-state index in [1.165, 1.54) is 119 Å². The van der Waals surface area contributed by atoms with Crippen LogP contribution in [0.5, 0.6) is 0 Å². The molecular weight excluding hydrogens is 1120 g/mol. The monoisotopic (exact) mass is 1170 g/mol. The number of rotatable bonds is 10. The van der Waals surface area contributed by atoms with E-state index in [4.69, 9.17) is 46.4 Å². The third-order valence-electron chi connectivity index (χ3n) is 14.3. The Morgan fingerprint density at radius 1 is 0.562 bits per heavy atom. The van der Waals surface area contributed by atoms with Crippen molar-refractivity contribution in [2.75, 3.05) is 23.7 Å². The lowest BCUT2D eigenvalue weighted by Gasteiger charge is -2.38. The summed E-state index contributed by atoms with van der Waals surface area (Å²) in [6.45, 7) is 11.8. The van der Waals surface area contributed by atoms with Crippen LogP contribution in [0.25, 0.3) is 0 Å². The van der Waals surface area contributed by atoms with Crippen molar-refractivity contribution in [2.45, 2.75) is 77.3 Å². The van der Waals surface area contributed by atoms with Gasteiger partial charge in [0.1, 0.15) is 34.1 Å². The third kappa shape index (κ3) is 12.3. The molecule has 2 aliphatic heterocycles. The number of carboxylic acid groups (broad SMARTS) is 2. The summed E-state index contributed by atoms with van der Waals surface area (Å²) in [5.41, 5.74) is -3.52. The summed E-state index contributed by atoms with van der Waals surface area (Å²) in [4.78, 5) is 52.7. The Kier molecular flexibility index (Phi) is 17.9. The molecule has 2 aliphatic rings. The van der Waals surface area contributed by atoms with Gasteiger partial charge in [0.25, 0.3) is 0 Å². The Morgan fingerprint density at radius 3 is 1.19 bits per heavy atom. The largest absolute Gasteiger partial charge is 0.478 e. The first-order valence-electron chi connectivity index (χ1n) is 25.0. The van der Waals surface area contributed by atoms with Crippen molar-refractivity contribution in [3.05, 3.63) is 198 Å². The van der Waals surface area contributed by atoms with Crippen LogP contribution in [0.2, 0.25) is 20.1 Å². The lowest BCUT2D eigenvalue weighted by Crippen LogP contribution is -2.42. The number of carbonyl (C=O) groups is 4. The van der Waals surface area contributed by atoms with Gasteiger partial charge in [-0.3, -0.25) is 0 Å². The molecule has 6 aromatic carbocycles. The summed E-state index contributed by atoms with van der Waals surface area (Å²) < 4.78 is 62.7. The third-order valence-corrected chi connectivity index (χ3v) is 15.3. The Bertz CT molecular complexity index is 3230. The molecule has 6 aromatic rings. The van der Waals surface area contributed by atoms with Crippen molar-refractivity contribution in [2.24, 2.45) is 22.7 Å². The number of hydrogen-bond acceptors (Lipinski definition) is 6. The zero-order chi connectivity index (χ0) is 58.8. The number of anilines is 2. The number of halogens is 8. The number of hydrogen-bond donors (Lipinski definition) is 4. The molecule has 2 fully saturated rings. The summed E-state index contributed by atoms with van der Waals surface area (Å²) in [6.07, 6.45) is 0.802. The quantitative estimate of drug-likeness (QED) is 0.0976. The Balaban J connectivity index is 0.000000231. The van der Waals surface area contributed by atoms with Gasteiger partial charge < -0.3 is 30.6 Å². The molecule has 2 saturated heterocycles. The zero-order valence-corrected chi connectivity index (χ0v) is 47.0. The molecule has 80 heavy (non-hydrogen) atoms. The van der Waals surface area contributed by atoms with E-state index >= 15 is 17.6 Å². The Morgan fingerprint density at radius 2 is 0.900 bits per heavy atom. The van der Waals surface area contributed by atoms with Crippen LogP contribution in [0.4, 0.5) is 38.5 Å². The summed E-state index contributed by atoms with van der Waals surface area (Å²) in [5, 5.41) is 45.4. The van der Waals surface area contributed by atoms with Crippen LogP contribution in [-0.4, -0.2) is 57.1 Å². The predicted octanol–water partition coefficient (Wildman–Crippen LogP) is 16.1. The van der Waals surface area contributed by atoms with E-state index < -0.39 is 82.0 Å². The molecule has 2 heterocycles. The van der Waals surface area contributed by atoms with E-state index in [0.717, 1.165) is 12.1 Å². The molecule has 20 heteroatoms. The second kappa shape index (κ2) is 23.8. The van der Waals surface area contributed by atoms with Crippen molar-refractivity contribution >= 4 is 81.8 Å². The molecule has 12 nitrogen and oxygen atoms in total. The summed E-state index contributed by atoms with van der Waals surface area (Å²) in [7, 11) is 0. The first kappa shape index (κ1) is 60.3. The molecule has 6 atom stereocenters. The number of carboxylic acids is 2. The van der Waals surface area contributed by atoms with Gasteiger partial charge in [0.2, 0.25) is 0 Å². The smallest absolute Gasteiger partial charge is 0.335 e. The number of nitrogens with one attached hydrogen (secondary N) is 2. The van der Waals surface area contributed by atoms with Gasteiger partial charge in [-0.2, -0.15) is 10.5 Å². The van der Waals surface area contributed by atoms with Gasteiger partial charge in [0.15, 0.2) is 0 Å². The number of amides is 4. The van der Waals surface area contributed by atoms with Crippen LogP contribution in [0.15, 0.2) is 121 Å². The highest BCUT2D eigenvalue weighted by molar-refractivity contribution is 6.31. The fraction of sp³-hybridized carbons (Fsp3) is 0.300. The van der Waals surface area contributed by atoms with Crippen LogP contribution >= 0.6 is 46.4 Å². The number of likely N-dealkylation sites (tertiary alicyclic amines) is 2. The van der Waals surface area contributed by atoms with E-state index in [0.29, 0.717) is 24.2 Å². The SMILES string of the molecule is CC(C)(C)C[C@@H]1CN(C(=O)Nc2ccc(C(=O)O)cc2)[C@H](c2cccc(Cl)c2F)[C@@]1(C#N)c1ccc(Cl)cc1F.CC(C)(C)C[C@H]1CN(C(=O)Nc2ccc(C(=O)O)cc2)[C@@H](c2cccc(Cl)c2F)[C@]1(C#N)c1ccc(Cl)cc1F. The molecule has 4 amide bonds. The highest BCUT2D eigenvalue weighted by Crippen LogP contribution is 2.58. The zero-order valence-electron chi connectivity index (χ0n) is 44.0. The molecule has 0 saturated carbocycles. The van der Waals surface area contributed by atoms with Crippen molar-refractivity contribution in [1.29, 1.82) is 10.5 Å². The van der Waals surface area contributed by atoms with Crippen LogP contribution < -0.4 is 10.6 Å². The standard InChI is InChI=1S/2C30H27Cl2F2N3O3/c2*1-29(2,3)14-18-15-37(28(40)36-20-10-7-17(8-11-20)27(38)39)26(21-5-4-6-23(32)25(21)34)30(18,16-35)22-12-9-19(31)13-24(22)33/h2*4-13,18,26H,14-15H2,1-3H3,(H,36,40)(H,38,39)/t2*18-,26-,30-/m10/s1. The molecule has 0 bridgehead atoms. The number of carbonyl (C=O) groups excluding carboxylic acids is 2. The van der Waals surface area contributed by atoms with Crippen LogP contribution in [-0.2, 0) is 10.8 Å². The Labute approximate surface area is 480 Å². The van der Waals surface area contributed by atoms with Gasteiger partial charge in [0.05, 0.1) is 45.4 Å². The highest BCUT2D eigenvalue weighted by atomic mass is 35.5. The van der Waals surface area contributed by atoms with Crippen LogP contribution in [0, 0.1) is 68.6 Å². The fourth-order valence-electron chi connectivity index (χ4n) is 11.1. The molecular formula is C60H54Cl4F4N6O6. The predicted molar refractivity (Wildman–Crippen MR) is 299 cm³/mol. The molecule has 0 unspecified atom stereocenters. The maximum Gasteiger partial charge on any atom is 0.335 e. The van der Waals surface area contributed by atoms with Gasteiger partial charge >= 0.3 is 24.0 Å². The first-order chi connectivity index (χ1) is 37.6. The normalized spacial score (nSPS) is 20.7.